The Bertz CT molecular complexity index is 469. The summed E-state index contributed by atoms with van der Waals surface area (Å²) in [6.07, 6.45) is 4.04. The zero-order chi connectivity index (χ0) is 13.4. The number of anilines is 2. The summed E-state index contributed by atoms with van der Waals surface area (Å²) in [4.78, 5) is 5.16. The number of nitrogen functional groups attached to an aromatic ring is 1. The molecule has 0 aromatic heterocycles. The fourth-order valence-electron chi connectivity index (χ4n) is 3.29. The first-order valence-electron chi connectivity index (χ1n) is 7.20. The van der Waals surface area contributed by atoms with Crippen molar-refractivity contribution in [1.29, 1.82) is 0 Å². The molecule has 2 N–H and O–H groups in total. The van der Waals surface area contributed by atoms with Gasteiger partial charge < -0.3 is 10.6 Å². The Labute approximate surface area is 123 Å². The monoisotopic (exact) mass is 323 g/mol. The fourth-order valence-corrected chi connectivity index (χ4v) is 3.90. The summed E-state index contributed by atoms with van der Waals surface area (Å²) >= 11 is 3.66. The van der Waals surface area contributed by atoms with E-state index in [9.17, 15) is 0 Å². The Hall–Kier alpha value is -0.740. The molecule has 2 aliphatic rings. The number of likely N-dealkylation sites (tertiary alicyclic amines) is 1. The molecule has 0 bridgehead atoms. The minimum atomic E-state index is 0.743. The van der Waals surface area contributed by atoms with Gasteiger partial charge in [-0.1, -0.05) is 0 Å². The molecule has 1 unspecified atom stereocenters. The molecule has 1 aromatic carbocycles. The highest BCUT2D eigenvalue weighted by Crippen LogP contribution is 2.34. The molecule has 3 rings (SSSR count). The Kier molecular flexibility index (Phi) is 3.72. The maximum Gasteiger partial charge on any atom is 0.0515 e. The molecule has 1 atom stereocenters. The highest BCUT2D eigenvalue weighted by atomic mass is 79.9. The summed E-state index contributed by atoms with van der Waals surface area (Å²) in [7, 11) is 0. The van der Waals surface area contributed by atoms with Crippen LogP contribution in [0.25, 0.3) is 0 Å². The van der Waals surface area contributed by atoms with Gasteiger partial charge in [-0.25, -0.2) is 0 Å². The van der Waals surface area contributed by atoms with Crippen molar-refractivity contribution in [3.8, 4) is 0 Å². The van der Waals surface area contributed by atoms with E-state index in [0.29, 0.717) is 0 Å². The smallest absolute Gasteiger partial charge is 0.0515 e. The topological polar surface area (TPSA) is 32.5 Å². The van der Waals surface area contributed by atoms with Crippen LogP contribution in [0.5, 0.6) is 0 Å². The number of hydrogen-bond acceptors (Lipinski definition) is 3. The van der Waals surface area contributed by atoms with Gasteiger partial charge in [0.25, 0.3) is 0 Å². The number of aryl methyl sites for hydroxylation is 1. The van der Waals surface area contributed by atoms with Gasteiger partial charge in [0.05, 0.1) is 5.69 Å². The summed E-state index contributed by atoms with van der Waals surface area (Å²) in [5.41, 5.74) is 9.29. The number of hydrogen-bond donors (Lipinski definition) is 1. The highest BCUT2D eigenvalue weighted by Gasteiger charge is 2.30. The zero-order valence-corrected chi connectivity index (χ0v) is 13.1. The molecule has 1 aromatic rings. The van der Waals surface area contributed by atoms with Gasteiger partial charge in [0.2, 0.25) is 0 Å². The van der Waals surface area contributed by atoms with E-state index in [0.717, 1.165) is 29.3 Å². The van der Waals surface area contributed by atoms with Crippen LogP contribution in [0.4, 0.5) is 11.4 Å². The Morgan fingerprint density at radius 2 is 1.95 bits per heavy atom. The summed E-state index contributed by atoms with van der Waals surface area (Å²) in [6.45, 7) is 6.98. The van der Waals surface area contributed by atoms with E-state index >= 15 is 0 Å². The summed E-state index contributed by atoms with van der Waals surface area (Å²) in [5.74, 6) is 0. The van der Waals surface area contributed by atoms with Crippen LogP contribution in [-0.2, 0) is 0 Å². The molecule has 4 heteroatoms. The second kappa shape index (κ2) is 5.33. The SMILES string of the molecule is Cc1cc(N2CCC(N3CCCC3)C2)c(Br)cc1N. The van der Waals surface area contributed by atoms with Crippen LogP contribution in [0.2, 0.25) is 0 Å². The van der Waals surface area contributed by atoms with Gasteiger partial charge in [0.15, 0.2) is 0 Å². The number of halogens is 1. The second-order valence-corrected chi connectivity index (χ2v) is 6.65. The van der Waals surface area contributed by atoms with Crippen LogP contribution < -0.4 is 10.6 Å². The normalized spacial score (nSPS) is 24.3. The average molecular weight is 324 g/mol. The first-order valence-corrected chi connectivity index (χ1v) is 7.99. The van der Waals surface area contributed by atoms with E-state index in [1.807, 2.05) is 6.07 Å². The molecule has 0 radical (unpaired) electrons. The van der Waals surface area contributed by atoms with Crippen LogP contribution in [0.3, 0.4) is 0 Å². The van der Waals surface area contributed by atoms with E-state index in [-0.39, 0.29) is 0 Å². The molecular formula is C15H22BrN3. The number of benzene rings is 1. The van der Waals surface area contributed by atoms with Crippen molar-refractivity contribution in [2.24, 2.45) is 0 Å². The number of rotatable bonds is 2. The minimum Gasteiger partial charge on any atom is -0.398 e. The lowest BCUT2D eigenvalue weighted by atomic mass is 10.1. The van der Waals surface area contributed by atoms with Crippen molar-refractivity contribution >= 4 is 27.3 Å². The summed E-state index contributed by atoms with van der Waals surface area (Å²) in [5, 5.41) is 0. The van der Waals surface area contributed by atoms with Crippen LogP contribution in [0.15, 0.2) is 16.6 Å². The van der Waals surface area contributed by atoms with Crippen molar-refractivity contribution in [2.75, 3.05) is 36.8 Å². The lowest BCUT2D eigenvalue weighted by Crippen LogP contribution is -2.35. The molecule has 0 amide bonds. The predicted molar refractivity (Wildman–Crippen MR) is 84.7 cm³/mol. The molecule has 0 aliphatic carbocycles. The Balaban J connectivity index is 1.75. The largest absolute Gasteiger partial charge is 0.398 e. The van der Waals surface area contributed by atoms with Gasteiger partial charge in [0.1, 0.15) is 0 Å². The standard InChI is InChI=1S/C15H22BrN3/c1-11-8-15(13(16)9-14(11)17)19-7-4-12(10-19)18-5-2-3-6-18/h8-9,12H,2-7,10,17H2,1H3. The lowest BCUT2D eigenvalue weighted by molar-refractivity contribution is 0.260. The molecule has 2 fully saturated rings. The van der Waals surface area contributed by atoms with Gasteiger partial charge in [-0.05, 0) is 72.9 Å². The third-order valence-electron chi connectivity index (χ3n) is 4.50. The Morgan fingerprint density at radius 1 is 1.21 bits per heavy atom. The second-order valence-electron chi connectivity index (χ2n) is 5.79. The van der Waals surface area contributed by atoms with Crippen LogP contribution >= 0.6 is 15.9 Å². The molecule has 0 spiro atoms. The van der Waals surface area contributed by atoms with E-state index in [4.69, 9.17) is 5.73 Å². The van der Waals surface area contributed by atoms with Crippen molar-refractivity contribution in [1.82, 2.24) is 4.90 Å². The Morgan fingerprint density at radius 3 is 2.68 bits per heavy atom. The summed E-state index contributed by atoms with van der Waals surface area (Å²) in [6, 6.07) is 4.99. The first-order chi connectivity index (χ1) is 9.15. The molecule has 2 aliphatic heterocycles. The van der Waals surface area contributed by atoms with Crippen molar-refractivity contribution in [3.05, 3.63) is 22.2 Å². The van der Waals surface area contributed by atoms with Crippen molar-refractivity contribution in [3.63, 3.8) is 0 Å². The average Bonchev–Trinajstić information content (AvgIpc) is 3.03. The molecule has 2 heterocycles. The van der Waals surface area contributed by atoms with Crippen LogP contribution in [0, 0.1) is 6.92 Å². The molecule has 2 saturated heterocycles. The molecule has 3 nitrogen and oxygen atoms in total. The predicted octanol–water partition coefficient (Wildman–Crippen LogP) is 3.01. The van der Waals surface area contributed by atoms with E-state index in [1.54, 1.807) is 0 Å². The maximum absolute atomic E-state index is 5.96. The quantitative estimate of drug-likeness (QED) is 0.849. The molecule has 0 saturated carbocycles. The number of nitrogens with zero attached hydrogens (tertiary/aromatic N) is 2. The van der Waals surface area contributed by atoms with E-state index in [1.165, 1.54) is 43.6 Å². The van der Waals surface area contributed by atoms with Gasteiger partial charge in [-0.3, -0.25) is 4.90 Å². The lowest BCUT2D eigenvalue weighted by Gasteiger charge is -2.25. The third kappa shape index (κ3) is 2.61. The van der Waals surface area contributed by atoms with Gasteiger partial charge in [0, 0.05) is 29.3 Å². The third-order valence-corrected chi connectivity index (χ3v) is 5.13. The van der Waals surface area contributed by atoms with Crippen LogP contribution in [0.1, 0.15) is 24.8 Å². The van der Waals surface area contributed by atoms with E-state index in [2.05, 4.69) is 38.7 Å². The van der Waals surface area contributed by atoms with Gasteiger partial charge in [-0.15, -0.1) is 0 Å². The molecular weight excluding hydrogens is 302 g/mol. The van der Waals surface area contributed by atoms with Crippen molar-refractivity contribution < 1.29 is 0 Å². The highest BCUT2D eigenvalue weighted by molar-refractivity contribution is 9.10. The van der Waals surface area contributed by atoms with Crippen molar-refractivity contribution in [2.45, 2.75) is 32.2 Å². The minimum absolute atomic E-state index is 0.743. The fraction of sp³-hybridized carbons (Fsp3) is 0.600. The van der Waals surface area contributed by atoms with Gasteiger partial charge in [-0.2, -0.15) is 0 Å². The zero-order valence-electron chi connectivity index (χ0n) is 11.5. The summed E-state index contributed by atoms with van der Waals surface area (Å²) < 4.78 is 1.12. The molecule has 19 heavy (non-hydrogen) atoms. The van der Waals surface area contributed by atoms with Gasteiger partial charge >= 0.3 is 0 Å². The van der Waals surface area contributed by atoms with Crippen LogP contribution in [-0.4, -0.2) is 37.1 Å². The maximum atomic E-state index is 5.96. The van der Waals surface area contributed by atoms with E-state index < -0.39 is 0 Å². The number of nitrogens with two attached hydrogens (primary N) is 1. The molecule has 104 valence electrons. The first kappa shape index (κ1) is 13.3.